The van der Waals surface area contributed by atoms with E-state index in [-0.39, 0.29) is 11.8 Å². The Kier molecular flexibility index (Phi) is 2.01. The molecule has 0 aromatic heterocycles. The molecule has 1 saturated carbocycles. The summed E-state index contributed by atoms with van der Waals surface area (Å²) < 4.78 is 0. The van der Waals surface area contributed by atoms with Crippen LogP contribution in [0.5, 0.6) is 0 Å². The van der Waals surface area contributed by atoms with Crippen LogP contribution >= 0.6 is 0 Å². The Bertz CT molecular complexity index is 285. The third kappa shape index (κ3) is 1.49. The van der Waals surface area contributed by atoms with Gasteiger partial charge in [0.05, 0.1) is 5.41 Å². The number of hydrogen-bond donors (Lipinski definition) is 1. The van der Waals surface area contributed by atoms with Crippen LogP contribution in [0.15, 0.2) is 0 Å². The fraction of sp³-hybridized carbons (Fsp3) is 0.800. The molecule has 0 aromatic carbocycles. The summed E-state index contributed by atoms with van der Waals surface area (Å²) in [5, 5.41) is 8.99. The lowest BCUT2D eigenvalue weighted by Gasteiger charge is -2.19. The molecule has 2 rings (SSSR count). The molecule has 1 aliphatic carbocycles. The fourth-order valence-electron chi connectivity index (χ4n) is 1.91. The first-order valence-electron chi connectivity index (χ1n) is 5.05. The Hall–Kier alpha value is -1.06. The summed E-state index contributed by atoms with van der Waals surface area (Å²) in [4.78, 5) is 24.3. The Balaban J connectivity index is 2.00. The van der Waals surface area contributed by atoms with Gasteiger partial charge in [0.2, 0.25) is 5.91 Å². The molecule has 0 radical (unpaired) electrons. The van der Waals surface area contributed by atoms with Crippen LogP contribution in [-0.2, 0) is 9.59 Å². The Morgan fingerprint density at radius 3 is 2.50 bits per heavy atom. The molecule has 0 spiro atoms. The molecule has 1 atom stereocenters. The highest BCUT2D eigenvalue weighted by atomic mass is 16.4. The van der Waals surface area contributed by atoms with E-state index in [0.29, 0.717) is 19.5 Å². The quantitative estimate of drug-likeness (QED) is 0.709. The molecule has 2 fully saturated rings. The topological polar surface area (TPSA) is 57.6 Å². The van der Waals surface area contributed by atoms with Crippen LogP contribution in [0.4, 0.5) is 0 Å². The van der Waals surface area contributed by atoms with Gasteiger partial charge in [-0.15, -0.1) is 0 Å². The number of amides is 1. The van der Waals surface area contributed by atoms with Gasteiger partial charge in [-0.2, -0.15) is 0 Å². The molecule has 78 valence electrons. The Morgan fingerprint density at radius 2 is 2.07 bits per heavy atom. The second-order valence-electron chi connectivity index (χ2n) is 4.65. The highest BCUT2D eigenvalue weighted by molar-refractivity contribution is 5.83. The number of carboxylic acid groups (broad SMARTS) is 1. The van der Waals surface area contributed by atoms with Gasteiger partial charge < -0.3 is 10.0 Å². The van der Waals surface area contributed by atoms with Crippen molar-refractivity contribution >= 4 is 11.9 Å². The van der Waals surface area contributed by atoms with E-state index in [1.165, 1.54) is 0 Å². The van der Waals surface area contributed by atoms with Crippen molar-refractivity contribution in [3.8, 4) is 0 Å². The lowest BCUT2D eigenvalue weighted by molar-refractivity contribution is -0.147. The van der Waals surface area contributed by atoms with Crippen LogP contribution in [0.1, 0.15) is 26.2 Å². The van der Waals surface area contributed by atoms with Gasteiger partial charge in [0.1, 0.15) is 0 Å². The standard InChI is InChI=1S/C10H15NO3/c1-10(9(13)14)4-5-11(6-10)8(12)7-2-3-7/h7H,2-6H2,1H3,(H,13,14). The average molecular weight is 197 g/mol. The normalized spacial score (nSPS) is 31.9. The largest absolute Gasteiger partial charge is 0.481 e. The van der Waals surface area contributed by atoms with Crippen LogP contribution in [-0.4, -0.2) is 35.0 Å². The molecule has 4 nitrogen and oxygen atoms in total. The van der Waals surface area contributed by atoms with Crippen LogP contribution in [0.2, 0.25) is 0 Å². The summed E-state index contributed by atoms with van der Waals surface area (Å²) in [5.41, 5.74) is -0.718. The minimum Gasteiger partial charge on any atom is -0.481 e. The van der Waals surface area contributed by atoms with E-state index in [1.54, 1.807) is 11.8 Å². The van der Waals surface area contributed by atoms with E-state index >= 15 is 0 Å². The maximum absolute atomic E-state index is 11.7. The molecular formula is C10H15NO3. The molecule has 0 aromatic rings. The zero-order valence-corrected chi connectivity index (χ0v) is 8.32. The minimum absolute atomic E-state index is 0.162. The third-order valence-corrected chi connectivity index (χ3v) is 3.23. The van der Waals surface area contributed by atoms with Gasteiger partial charge in [-0.05, 0) is 26.2 Å². The van der Waals surface area contributed by atoms with Gasteiger partial charge in [0, 0.05) is 19.0 Å². The number of carbonyl (C=O) groups excluding carboxylic acids is 1. The molecule has 1 N–H and O–H groups in total. The van der Waals surface area contributed by atoms with E-state index in [0.717, 1.165) is 12.8 Å². The average Bonchev–Trinajstić information content (AvgIpc) is 2.89. The van der Waals surface area contributed by atoms with Crippen molar-refractivity contribution in [3.63, 3.8) is 0 Å². The van der Waals surface area contributed by atoms with Gasteiger partial charge >= 0.3 is 5.97 Å². The predicted molar refractivity (Wildman–Crippen MR) is 49.7 cm³/mol. The molecule has 1 unspecified atom stereocenters. The molecule has 0 bridgehead atoms. The number of rotatable bonds is 2. The van der Waals surface area contributed by atoms with Gasteiger partial charge in [-0.3, -0.25) is 9.59 Å². The second kappa shape index (κ2) is 2.97. The monoisotopic (exact) mass is 197 g/mol. The number of nitrogens with zero attached hydrogens (tertiary/aromatic N) is 1. The fourth-order valence-corrected chi connectivity index (χ4v) is 1.91. The van der Waals surface area contributed by atoms with Crippen molar-refractivity contribution in [3.05, 3.63) is 0 Å². The zero-order chi connectivity index (χ0) is 10.3. The van der Waals surface area contributed by atoms with Crippen LogP contribution in [0.25, 0.3) is 0 Å². The van der Waals surface area contributed by atoms with Gasteiger partial charge in [-0.25, -0.2) is 0 Å². The van der Waals surface area contributed by atoms with E-state index in [1.807, 2.05) is 0 Å². The van der Waals surface area contributed by atoms with E-state index < -0.39 is 11.4 Å². The lowest BCUT2D eigenvalue weighted by Crippen LogP contribution is -2.35. The summed E-state index contributed by atoms with van der Waals surface area (Å²) in [6.45, 7) is 2.71. The molecule has 14 heavy (non-hydrogen) atoms. The first kappa shape index (κ1) is 9.49. The summed E-state index contributed by atoms with van der Waals surface area (Å²) in [6.07, 6.45) is 2.55. The maximum Gasteiger partial charge on any atom is 0.311 e. The number of hydrogen-bond acceptors (Lipinski definition) is 2. The van der Waals surface area contributed by atoms with Crippen molar-refractivity contribution in [1.29, 1.82) is 0 Å². The molecular weight excluding hydrogens is 182 g/mol. The molecule has 1 amide bonds. The van der Waals surface area contributed by atoms with E-state index in [9.17, 15) is 9.59 Å². The van der Waals surface area contributed by atoms with Crippen molar-refractivity contribution in [1.82, 2.24) is 4.90 Å². The van der Waals surface area contributed by atoms with Crippen molar-refractivity contribution < 1.29 is 14.7 Å². The van der Waals surface area contributed by atoms with Crippen molar-refractivity contribution in [2.75, 3.05) is 13.1 Å². The van der Waals surface area contributed by atoms with Crippen molar-refractivity contribution in [2.24, 2.45) is 11.3 Å². The molecule has 2 aliphatic rings. The maximum atomic E-state index is 11.7. The number of carboxylic acids is 1. The predicted octanol–water partition coefficient (Wildman–Crippen LogP) is 0.720. The minimum atomic E-state index is -0.788. The van der Waals surface area contributed by atoms with Gasteiger partial charge in [-0.1, -0.05) is 0 Å². The first-order chi connectivity index (χ1) is 6.53. The summed E-state index contributed by atoms with van der Waals surface area (Å²) in [6, 6.07) is 0. The van der Waals surface area contributed by atoms with Gasteiger partial charge in [0.25, 0.3) is 0 Å². The Labute approximate surface area is 82.9 Å². The Morgan fingerprint density at radius 1 is 1.43 bits per heavy atom. The van der Waals surface area contributed by atoms with Gasteiger partial charge in [0.15, 0.2) is 0 Å². The van der Waals surface area contributed by atoms with Crippen molar-refractivity contribution in [2.45, 2.75) is 26.2 Å². The third-order valence-electron chi connectivity index (χ3n) is 3.23. The van der Waals surface area contributed by atoms with Crippen LogP contribution < -0.4 is 0 Å². The highest BCUT2D eigenvalue weighted by Gasteiger charge is 2.44. The number of likely N-dealkylation sites (tertiary alicyclic amines) is 1. The highest BCUT2D eigenvalue weighted by Crippen LogP contribution is 2.36. The number of aliphatic carboxylic acids is 1. The smallest absolute Gasteiger partial charge is 0.311 e. The van der Waals surface area contributed by atoms with Crippen LogP contribution in [0.3, 0.4) is 0 Å². The first-order valence-corrected chi connectivity index (χ1v) is 5.05. The molecule has 1 heterocycles. The summed E-state index contributed by atoms with van der Waals surface area (Å²) in [7, 11) is 0. The number of carbonyl (C=O) groups is 2. The zero-order valence-electron chi connectivity index (χ0n) is 8.32. The molecule has 1 aliphatic heterocycles. The SMILES string of the molecule is CC1(C(=O)O)CCN(C(=O)C2CC2)C1. The molecule has 1 saturated heterocycles. The second-order valence-corrected chi connectivity index (χ2v) is 4.65. The van der Waals surface area contributed by atoms with Crippen LogP contribution in [0, 0.1) is 11.3 Å². The summed E-state index contributed by atoms with van der Waals surface area (Å²) in [5.74, 6) is -0.426. The molecule has 4 heteroatoms. The van der Waals surface area contributed by atoms with E-state index in [2.05, 4.69) is 0 Å². The van der Waals surface area contributed by atoms with E-state index in [4.69, 9.17) is 5.11 Å². The lowest BCUT2D eigenvalue weighted by atomic mass is 9.90. The summed E-state index contributed by atoms with van der Waals surface area (Å²) >= 11 is 0.